The number of amides is 2. The van der Waals surface area contributed by atoms with Crippen molar-refractivity contribution in [1.29, 1.82) is 0 Å². The Balaban J connectivity index is 1.22. The lowest BCUT2D eigenvalue weighted by Gasteiger charge is -2.36. The zero-order chi connectivity index (χ0) is 33.3. The third-order valence-electron chi connectivity index (χ3n) is 9.76. The van der Waals surface area contributed by atoms with Crippen molar-refractivity contribution in [2.75, 3.05) is 13.2 Å². The summed E-state index contributed by atoms with van der Waals surface area (Å²) in [7, 11) is 0. The Labute approximate surface area is 282 Å². The van der Waals surface area contributed by atoms with E-state index in [-0.39, 0.29) is 49.4 Å². The summed E-state index contributed by atoms with van der Waals surface area (Å²) in [4.78, 5) is 46.4. The Bertz CT molecular complexity index is 1730. The maximum atomic E-state index is 14.0. The van der Waals surface area contributed by atoms with Crippen molar-refractivity contribution in [3.05, 3.63) is 119 Å². The molecule has 3 aromatic carbocycles. The fourth-order valence-corrected chi connectivity index (χ4v) is 7.05. The first kappa shape index (κ1) is 33.2. The minimum Gasteiger partial charge on any atom is -0.463 e. The highest BCUT2D eigenvalue weighted by Crippen LogP contribution is 2.26. The van der Waals surface area contributed by atoms with Gasteiger partial charge in [-0.2, -0.15) is 0 Å². The quantitative estimate of drug-likeness (QED) is 0.177. The van der Waals surface area contributed by atoms with E-state index in [1.54, 1.807) is 4.90 Å². The van der Waals surface area contributed by atoms with E-state index in [1.165, 1.54) is 0 Å². The highest BCUT2D eigenvalue weighted by molar-refractivity contribution is 5.87. The number of hydrogen-bond acceptors (Lipinski definition) is 5. The smallest absolute Gasteiger partial charge is 0.309 e. The number of cyclic esters (lactones) is 1. The monoisotopic (exact) mass is 647 g/mol. The van der Waals surface area contributed by atoms with Gasteiger partial charge in [0.25, 0.3) is 0 Å². The Kier molecular flexibility index (Phi) is 11.0. The molecule has 6 rings (SSSR count). The number of aromatic nitrogens is 1. The fraction of sp³-hybridized carbons (Fsp3) is 0.375. The van der Waals surface area contributed by atoms with Gasteiger partial charge in [0.05, 0.1) is 30.5 Å². The summed E-state index contributed by atoms with van der Waals surface area (Å²) in [6, 6.07) is 25.2. The molecule has 8 heteroatoms. The second-order valence-electron chi connectivity index (χ2n) is 13.2. The van der Waals surface area contributed by atoms with Crippen LogP contribution in [0.3, 0.4) is 0 Å². The van der Waals surface area contributed by atoms with Crippen molar-refractivity contribution in [3.63, 3.8) is 0 Å². The van der Waals surface area contributed by atoms with Gasteiger partial charge in [-0.1, -0.05) is 84.9 Å². The van der Waals surface area contributed by atoms with Crippen LogP contribution >= 0.6 is 0 Å². The zero-order valence-electron chi connectivity index (χ0n) is 27.4. The van der Waals surface area contributed by atoms with Gasteiger partial charge in [0.2, 0.25) is 11.8 Å². The van der Waals surface area contributed by atoms with E-state index in [4.69, 9.17) is 4.74 Å². The van der Waals surface area contributed by atoms with Crippen LogP contribution in [0.2, 0.25) is 0 Å². The van der Waals surface area contributed by atoms with Crippen LogP contribution in [0.15, 0.2) is 97.2 Å². The molecule has 2 amide bonds. The third kappa shape index (κ3) is 8.23. The van der Waals surface area contributed by atoms with Crippen LogP contribution in [0.25, 0.3) is 10.9 Å². The Morgan fingerprint density at radius 1 is 0.896 bits per heavy atom. The number of fused-ring (bicyclic) bond motifs is 2. The number of carbonyl (C=O) groups excluding carboxylic acids is 3. The van der Waals surface area contributed by atoms with Crippen LogP contribution in [0, 0.1) is 11.8 Å². The number of nitrogens with zero attached hydrogens (tertiary/aromatic N) is 1. The lowest BCUT2D eigenvalue weighted by Crippen LogP contribution is -2.48. The molecule has 3 N–H and O–H groups in total. The SMILES string of the molecule is O=C1N[C@@H](Cc2c[nH]c3ccccc23)COC(=O)[C@@H](Cc2ccccc2)CCCC=CC[C@@H]1CC(=O)N1Cc2ccccc2C[C@H]1CO. The number of aliphatic hydroxyl groups excluding tert-OH is 1. The molecule has 0 aliphatic carbocycles. The Morgan fingerprint density at radius 2 is 1.67 bits per heavy atom. The average Bonchev–Trinajstić information content (AvgIpc) is 3.52. The van der Waals surface area contributed by atoms with E-state index in [0.717, 1.165) is 46.0 Å². The van der Waals surface area contributed by atoms with Gasteiger partial charge in [0, 0.05) is 30.1 Å². The molecule has 2 aliphatic heterocycles. The van der Waals surface area contributed by atoms with Gasteiger partial charge < -0.3 is 25.0 Å². The number of benzene rings is 3. The number of hydrogen-bond donors (Lipinski definition) is 3. The summed E-state index contributed by atoms with van der Waals surface area (Å²) in [5, 5.41) is 14.4. The number of aliphatic hydroxyl groups is 1. The number of allylic oxidation sites excluding steroid dienone is 2. The molecule has 0 unspecified atom stereocenters. The van der Waals surface area contributed by atoms with Crippen LogP contribution in [0.1, 0.15) is 54.4 Å². The van der Waals surface area contributed by atoms with Crippen molar-refractivity contribution in [3.8, 4) is 0 Å². The summed E-state index contributed by atoms with van der Waals surface area (Å²) in [6.07, 6.45) is 10.3. The van der Waals surface area contributed by atoms with Crippen molar-refractivity contribution < 1.29 is 24.2 Å². The van der Waals surface area contributed by atoms with Gasteiger partial charge >= 0.3 is 5.97 Å². The molecule has 3 heterocycles. The van der Waals surface area contributed by atoms with Gasteiger partial charge in [-0.3, -0.25) is 14.4 Å². The summed E-state index contributed by atoms with van der Waals surface area (Å²) < 4.78 is 5.98. The summed E-state index contributed by atoms with van der Waals surface area (Å²) in [5.74, 6) is -1.55. The maximum absolute atomic E-state index is 14.0. The van der Waals surface area contributed by atoms with Crippen molar-refractivity contribution in [1.82, 2.24) is 15.2 Å². The molecule has 0 bridgehead atoms. The molecule has 0 spiro atoms. The molecular formula is C40H45N3O5. The third-order valence-corrected chi connectivity index (χ3v) is 9.76. The molecule has 4 atom stereocenters. The Morgan fingerprint density at radius 3 is 2.50 bits per heavy atom. The second-order valence-corrected chi connectivity index (χ2v) is 13.2. The molecule has 2 aliphatic rings. The molecule has 8 nitrogen and oxygen atoms in total. The topological polar surface area (TPSA) is 112 Å². The highest BCUT2D eigenvalue weighted by Gasteiger charge is 2.33. The predicted molar refractivity (Wildman–Crippen MR) is 186 cm³/mol. The molecule has 0 saturated heterocycles. The van der Waals surface area contributed by atoms with Crippen molar-refractivity contribution >= 4 is 28.7 Å². The number of carbonyl (C=O) groups is 3. The van der Waals surface area contributed by atoms with Crippen LogP contribution < -0.4 is 5.32 Å². The fourth-order valence-electron chi connectivity index (χ4n) is 7.05. The van der Waals surface area contributed by atoms with Gasteiger partial charge in [-0.25, -0.2) is 0 Å². The minimum atomic E-state index is -0.611. The molecular weight excluding hydrogens is 602 g/mol. The van der Waals surface area contributed by atoms with Crippen LogP contribution in [-0.4, -0.2) is 58.1 Å². The van der Waals surface area contributed by atoms with E-state index >= 15 is 0 Å². The molecule has 1 aromatic heterocycles. The van der Waals surface area contributed by atoms with Crippen LogP contribution in [0.4, 0.5) is 0 Å². The molecule has 0 saturated carbocycles. The maximum Gasteiger partial charge on any atom is 0.309 e. The van der Waals surface area contributed by atoms with Crippen LogP contribution in [-0.2, 0) is 44.9 Å². The van der Waals surface area contributed by atoms with E-state index in [0.29, 0.717) is 38.6 Å². The number of ether oxygens (including phenoxy) is 1. The lowest BCUT2D eigenvalue weighted by molar-refractivity contribution is -0.150. The first-order chi connectivity index (χ1) is 23.5. The summed E-state index contributed by atoms with van der Waals surface area (Å²) >= 11 is 0. The summed E-state index contributed by atoms with van der Waals surface area (Å²) in [5.41, 5.74) is 5.30. The number of para-hydroxylation sites is 1. The van der Waals surface area contributed by atoms with Gasteiger partial charge in [0.1, 0.15) is 6.61 Å². The van der Waals surface area contributed by atoms with Crippen LogP contribution in [0.5, 0.6) is 0 Å². The van der Waals surface area contributed by atoms with Gasteiger partial charge in [-0.15, -0.1) is 0 Å². The van der Waals surface area contributed by atoms with Gasteiger partial charge in [0.15, 0.2) is 0 Å². The van der Waals surface area contributed by atoms with E-state index in [2.05, 4.69) is 16.4 Å². The predicted octanol–water partition coefficient (Wildman–Crippen LogP) is 5.68. The number of esters is 1. The highest BCUT2D eigenvalue weighted by atomic mass is 16.5. The largest absolute Gasteiger partial charge is 0.463 e. The van der Waals surface area contributed by atoms with Gasteiger partial charge in [-0.05, 0) is 73.3 Å². The number of rotatable bonds is 7. The number of aromatic amines is 1. The zero-order valence-corrected chi connectivity index (χ0v) is 27.4. The van der Waals surface area contributed by atoms with Crippen molar-refractivity contribution in [2.45, 2.75) is 70.0 Å². The second kappa shape index (κ2) is 15.9. The van der Waals surface area contributed by atoms with E-state index in [1.807, 2.05) is 91.1 Å². The molecule has 0 radical (unpaired) electrons. The lowest BCUT2D eigenvalue weighted by atomic mass is 9.92. The summed E-state index contributed by atoms with van der Waals surface area (Å²) in [6.45, 7) is 0.301. The number of H-pyrrole nitrogens is 1. The standard InChI is InChI=1S/C40H45N3O5/c44-26-35-22-29-14-8-9-17-32(29)25-43(35)38(45)23-30-15-6-1-2-7-16-31(20-28-12-4-3-5-13-28)40(47)48-27-34(42-39(30)46)21-33-24-41-37-19-11-10-18-36(33)37/h1,3-6,8-14,17-19,24,30-31,34-35,41,44H,2,7,15-16,20-23,25-27H2,(H,42,46)/t30-,31-,34+,35+/m1/s1. The molecule has 4 aromatic rings. The Hall–Kier alpha value is -4.69. The first-order valence-corrected chi connectivity index (χ1v) is 17.2. The average molecular weight is 648 g/mol. The van der Waals surface area contributed by atoms with E-state index in [9.17, 15) is 19.5 Å². The molecule has 0 fully saturated rings. The number of nitrogens with one attached hydrogen (secondary N) is 2. The molecule has 250 valence electrons. The first-order valence-electron chi connectivity index (χ1n) is 17.2. The molecule has 48 heavy (non-hydrogen) atoms. The minimum absolute atomic E-state index is 0.0214. The van der Waals surface area contributed by atoms with E-state index < -0.39 is 12.0 Å². The normalized spacial score (nSPS) is 22.4. The van der Waals surface area contributed by atoms with Crippen molar-refractivity contribution in [2.24, 2.45) is 11.8 Å².